The number of carbonyl (C=O) groups excluding carboxylic acids is 3. The Hall–Kier alpha value is -1.67. The summed E-state index contributed by atoms with van der Waals surface area (Å²) in [6.45, 7) is 13.8. The summed E-state index contributed by atoms with van der Waals surface area (Å²) in [5.41, 5.74) is -2.35. The normalized spacial score (nSPS) is 35.1. The molecule has 3 rings (SSSR count). The minimum Gasteiger partial charge on any atom is -0.394 e. The van der Waals surface area contributed by atoms with Gasteiger partial charge < -0.3 is 25.4 Å². The van der Waals surface area contributed by atoms with Crippen molar-refractivity contribution in [1.29, 1.82) is 0 Å². The SMILES string of the molecule is CC[C@@H](CO)N1C(=O)[C@@H]2[C@@H](C(=O)NC)[C@@]3(C)CCC2(O3)C1C(=O)NC(C)(C)CC(C)(C)C. The van der Waals surface area contributed by atoms with Crippen molar-refractivity contribution in [3.8, 4) is 0 Å². The molecule has 0 radical (unpaired) electrons. The number of likely N-dealkylation sites (tertiary alicyclic amines) is 1. The van der Waals surface area contributed by atoms with E-state index in [9.17, 15) is 19.5 Å². The number of hydrogen-bond donors (Lipinski definition) is 3. The Labute approximate surface area is 191 Å². The predicted molar refractivity (Wildman–Crippen MR) is 121 cm³/mol. The van der Waals surface area contributed by atoms with Crippen molar-refractivity contribution in [3.05, 3.63) is 0 Å². The van der Waals surface area contributed by atoms with Crippen molar-refractivity contribution in [2.45, 2.75) is 103 Å². The Bertz CT molecular complexity index is 787. The van der Waals surface area contributed by atoms with E-state index in [0.717, 1.165) is 6.42 Å². The lowest BCUT2D eigenvalue weighted by molar-refractivity contribution is -0.150. The standard InChI is InChI=1S/C24H41N3O5/c1-9-14(12-28)27-17(19(30)26-22(5,6)13-21(2,3)4)24-11-10-23(7,32-24)15(18(29)25-8)16(24)20(27)31/h14-17,28H,9-13H2,1-8H3,(H,25,29)(H,26,30)/t14-,15-,16-,17?,23+,24?/m0/s1. The van der Waals surface area contributed by atoms with Crippen LogP contribution in [-0.2, 0) is 19.1 Å². The number of amides is 3. The third-order valence-electron chi connectivity index (χ3n) is 7.50. The largest absolute Gasteiger partial charge is 0.394 e. The van der Waals surface area contributed by atoms with Gasteiger partial charge in [-0.05, 0) is 51.9 Å². The second-order valence-electron chi connectivity index (χ2n) is 11.9. The predicted octanol–water partition coefficient (Wildman–Crippen LogP) is 1.60. The molecular formula is C24H41N3O5. The molecule has 0 saturated carbocycles. The molecule has 1 spiro atoms. The quantitative estimate of drug-likeness (QED) is 0.545. The van der Waals surface area contributed by atoms with Crippen LogP contribution in [0.15, 0.2) is 0 Å². The lowest BCUT2D eigenvalue weighted by atomic mass is 9.66. The highest BCUT2D eigenvalue weighted by molar-refractivity contribution is 5.99. The van der Waals surface area contributed by atoms with Crippen LogP contribution in [0.3, 0.4) is 0 Å². The highest BCUT2D eigenvalue weighted by Gasteiger charge is 2.78. The van der Waals surface area contributed by atoms with E-state index in [0.29, 0.717) is 19.3 Å². The Morgan fingerprint density at radius 3 is 2.34 bits per heavy atom. The molecule has 3 aliphatic heterocycles. The zero-order valence-corrected chi connectivity index (χ0v) is 20.9. The van der Waals surface area contributed by atoms with Crippen LogP contribution in [0.25, 0.3) is 0 Å². The molecule has 0 aromatic rings. The fraction of sp³-hybridized carbons (Fsp3) is 0.875. The lowest BCUT2D eigenvalue weighted by Gasteiger charge is -2.40. The molecule has 0 aromatic heterocycles. The lowest BCUT2D eigenvalue weighted by Crippen LogP contribution is -2.61. The smallest absolute Gasteiger partial charge is 0.246 e. The van der Waals surface area contributed by atoms with E-state index in [1.165, 1.54) is 4.90 Å². The molecule has 0 aliphatic carbocycles. The maximum atomic E-state index is 13.8. The van der Waals surface area contributed by atoms with Gasteiger partial charge in [-0.3, -0.25) is 14.4 Å². The Morgan fingerprint density at radius 2 is 1.84 bits per heavy atom. The van der Waals surface area contributed by atoms with E-state index in [1.54, 1.807) is 7.05 Å². The van der Waals surface area contributed by atoms with Crippen LogP contribution in [-0.4, -0.2) is 70.2 Å². The van der Waals surface area contributed by atoms with Crippen LogP contribution >= 0.6 is 0 Å². The van der Waals surface area contributed by atoms with Crippen molar-refractivity contribution in [3.63, 3.8) is 0 Å². The van der Waals surface area contributed by atoms with Gasteiger partial charge in [-0.25, -0.2) is 0 Å². The van der Waals surface area contributed by atoms with Gasteiger partial charge in [-0.15, -0.1) is 0 Å². The molecule has 8 nitrogen and oxygen atoms in total. The molecule has 32 heavy (non-hydrogen) atoms. The summed E-state index contributed by atoms with van der Waals surface area (Å²) in [4.78, 5) is 42.0. The zero-order valence-electron chi connectivity index (χ0n) is 20.9. The number of rotatable bonds is 7. The van der Waals surface area contributed by atoms with Gasteiger partial charge in [-0.1, -0.05) is 27.7 Å². The first kappa shape index (κ1) is 25.0. The van der Waals surface area contributed by atoms with Gasteiger partial charge in [0.05, 0.1) is 30.1 Å². The highest BCUT2D eigenvalue weighted by atomic mass is 16.5. The van der Waals surface area contributed by atoms with Crippen molar-refractivity contribution in [2.24, 2.45) is 17.3 Å². The number of aliphatic hydroxyl groups is 1. The van der Waals surface area contributed by atoms with Gasteiger partial charge in [0.1, 0.15) is 11.6 Å². The summed E-state index contributed by atoms with van der Waals surface area (Å²) in [5.74, 6) is -2.17. The number of carbonyl (C=O) groups is 3. The van der Waals surface area contributed by atoms with E-state index in [-0.39, 0.29) is 29.7 Å². The van der Waals surface area contributed by atoms with Crippen LogP contribution in [0.5, 0.6) is 0 Å². The van der Waals surface area contributed by atoms with E-state index in [1.807, 2.05) is 27.7 Å². The molecule has 3 heterocycles. The monoisotopic (exact) mass is 451 g/mol. The summed E-state index contributed by atoms with van der Waals surface area (Å²) < 4.78 is 6.53. The molecular weight excluding hydrogens is 410 g/mol. The third kappa shape index (κ3) is 3.83. The number of nitrogens with zero attached hydrogens (tertiary/aromatic N) is 1. The fourth-order valence-corrected chi connectivity index (χ4v) is 6.80. The maximum Gasteiger partial charge on any atom is 0.246 e. The van der Waals surface area contributed by atoms with Crippen LogP contribution in [0.4, 0.5) is 0 Å². The van der Waals surface area contributed by atoms with E-state index >= 15 is 0 Å². The first-order valence-electron chi connectivity index (χ1n) is 11.8. The van der Waals surface area contributed by atoms with Crippen molar-refractivity contribution in [1.82, 2.24) is 15.5 Å². The number of aliphatic hydroxyl groups excluding tert-OH is 1. The van der Waals surface area contributed by atoms with Gasteiger partial charge in [-0.2, -0.15) is 0 Å². The minimum absolute atomic E-state index is 0.0000639. The molecule has 6 atom stereocenters. The van der Waals surface area contributed by atoms with Gasteiger partial charge >= 0.3 is 0 Å². The average molecular weight is 452 g/mol. The minimum atomic E-state index is -1.06. The second kappa shape index (κ2) is 7.97. The van der Waals surface area contributed by atoms with Crippen molar-refractivity contribution >= 4 is 17.7 Å². The first-order valence-corrected chi connectivity index (χ1v) is 11.8. The molecule has 2 unspecified atom stereocenters. The van der Waals surface area contributed by atoms with Gasteiger partial charge in [0.2, 0.25) is 17.7 Å². The average Bonchev–Trinajstić information content (AvgIpc) is 3.21. The van der Waals surface area contributed by atoms with Gasteiger partial charge in [0.15, 0.2) is 0 Å². The highest BCUT2D eigenvalue weighted by Crippen LogP contribution is 2.63. The molecule has 182 valence electrons. The Balaban J connectivity index is 2.05. The van der Waals surface area contributed by atoms with Gasteiger partial charge in [0.25, 0.3) is 0 Å². The summed E-state index contributed by atoms with van der Waals surface area (Å²) in [6.07, 6.45) is 2.39. The van der Waals surface area contributed by atoms with Crippen LogP contribution in [0.1, 0.15) is 74.1 Å². The number of ether oxygens (including phenoxy) is 1. The number of hydrogen-bond acceptors (Lipinski definition) is 5. The van der Waals surface area contributed by atoms with E-state index < -0.39 is 40.7 Å². The summed E-state index contributed by atoms with van der Waals surface area (Å²) in [6, 6.07) is -1.39. The summed E-state index contributed by atoms with van der Waals surface area (Å²) in [7, 11) is 1.56. The number of nitrogens with one attached hydrogen (secondary N) is 2. The molecule has 3 N–H and O–H groups in total. The van der Waals surface area contributed by atoms with Gasteiger partial charge in [0, 0.05) is 12.6 Å². The Kier molecular flexibility index (Phi) is 6.22. The molecule has 3 amide bonds. The number of fused-ring (bicyclic) bond motifs is 1. The fourth-order valence-electron chi connectivity index (χ4n) is 6.80. The Morgan fingerprint density at radius 1 is 1.22 bits per heavy atom. The second-order valence-corrected chi connectivity index (χ2v) is 11.9. The summed E-state index contributed by atoms with van der Waals surface area (Å²) in [5, 5.41) is 15.9. The molecule has 3 saturated heterocycles. The van der Waals surface area contributed by atoms with Crippen molar-refractivity contribution in [2.75, 3.05) is 13.7 Å². The summed E-state index contributed by atoms with van der Waals surface area (Å²) >= 11 is 0. The molecule has 8 heteroatoms. The third-order valence-corrected chi connectivity index (χ3v) is 7.50. The molecule has 3 aliphatic rings. The van der Waals surface area contributed by atoms with Crippen LogP contribution in [0.2, 0.25) is 0 Å². The molecule has 2 bridgehead atoms. The van der Waals surface area contributed by atoms with Crippen LogP contribution < -0.4 is 10.6 Å². The molecule has 3 fully saturated rings. The first-order chi connectivity index (χ1) is 14.7. The van der Waals surface area contributed by atoms with E-state index in [4.69, 9.17) is 4.74 Å². The van der Waals surface area contributed by atoms with E-state index in [2.05, 4.69) is 31.4 Å². The van der Waals surface area contributed by atoms with Crippen molar-refractivity contribution < 1.29 is 24.2 Å². The van der Waals surface area contributed by atoms with Crippen LogP contribution in [0, 0.1) is 17.3 Å². The maximum absolute atomic E-state index is 13.8. The topological polar surface area (TPSA) is 108 Å². The zero-order chi connectivity index (χ0) is 24.3. The molecule has 0 aromatic carbocycles.